The molecule has 5 heteroatoms. The number of furan rings is 1. The average molecular weight is 323 g/mol. The minimum atomic E-state index is -0.344. The molecule has 1 aliphatic rings. The predicted molar refractivity (Wildman–Crippen MR) is 91.1 cm³/mol. The summed E-state index contributed by atoms with van der Waals surface area (Å²) >= 11 is 0. The number of amides is 1. The van der Waals surface area contributed by atoms with Crippen molar-refractivity contribution in [2.45, 2.75) is 6.10 Å². The van der Waals surface area contributed by atoms with Crippen LogP contribution in [0.2, 0.25) is 0 Å². The number of rotatable bonds is 4. The molecule has 1 aliphatic heterocycles. The Balaban J connectivity index is 1.65. The summed E-state index contributed by atoms with van der Waals surface area (Å²) in [6, 6.07) is 17.6. The Kier molecular flexibility index (Phi) is 3.70. The van der Waals surface area contributed by atoms with Crippen LogP contribution in [-0.2, 0) is 9.47 Å². The van der Waals surface area contributed by atoms with Crippen LogP contribution < -0.4 is 4.90 Å². The summed E-state index contributed by atoms with van der Waals surface area (Å²) in [6.07, 6.45) is -0.578. The van der Waals surface area contributed by atoms with E-state index in [9.17, 15) is 4.79 Å². The van der Waals surface area contributed by atoms with Crippen LogP contribution in [0.4, 0.5) is 10.5 Å². The van der Waals surface area contributed by atoms with Gasteiger partial charge in [0, 0.05) is 23.7 Å². The van der Waals surface area contributed by atoms with Gasteiger partial charge in [0.15, 0.2) is 0 Å². The first kappa shape index (κ1) is 14.8. The van der Waals surface area contributed by atoms with E-state index in [0.717, 1.165) is 28.0 Å². The van der Waals surface area contributed by atoms with Crippen LogP contribution in [0.3, 0.4) is 0 Å². The van der Waals surface area contributed by atoms with Gasteiger partial charge in [0.05, 0.1) is 13.2 Å². The molecule has 0 spiro atoms. The second kappa shape index (κ2) is 6.02. The van der Waals surface area contributed by atoms with Gasteiger partial charge < -0.3 is 13.9 Å². The van der Waals surface area contributed by atoms with Crippen molar-refractivity contribution in [3.63, 3.8) is 0 Å². The third-order valence-corrected chi connectivity index (χ3v) is 4.10. The molecule has 0 saturated carbocycles. The first-order valence-corrected chi connectivity index (χ1v) is 7.81. The molecule has 1 saturated heterocycles. The highest BCUT2D eigenvalue weighted by atomic mass is 16.6. The lowest BCUT2D eigenvalue weighted by atomic mass is 10.1. The van der Waals surface area contributed by atoms with Crippen LogP contribution in [0.15, 0.2) is 59.0 Å². The fraction of sp³-hybridized carbons (Fsp3) is 0.211. The molecule has 1 fully saturated rings. The van der Waals surface area contributed by atoms with Crippen molar-refractivity contribution in [3.8, 4) is 11.3 Å². The summed E-state index contributed by atoms with van der Waals surface area (Å²) in [5.74, 6) is 0.809. The van der Waals surface area contributed by atoms with Crippen LogP contribution in [0.25, 0.3) is 22.3 Å². The van der Waals surface area contributed by atoms with E-state index >= 15 is 0 Å². The van der Waals surface area contributed by atoms with Gasteiger partial charge in [-0.15, -0.1) is 0 Å². The molecule has 122 valence electrons. The van der Waals surface area contributed by atoms with Crippen LogP contribution in [-0.4, -0.2) is 32.5 Å². The highest BCUT2D eigenvalue weighted by molar-refractivity contribution is 5.94. The summed E-state index contributed by atoms with van der Waals surface area (Å²) < 4.78 is 16.3. The molecule has 0 N–H and O–H groups in total. The number of ether oxygens (including phenoxy) is 2. The lowest BCUT2D eigenvalue weighted by Gasteiger charge is -2.12. The average Bonchev–Trinajstić information content (AvgIpc) is 3.18. The van der Waals surface area contributed by atoms with Crippen molar-refractivity contribution in [1.82, 2.24) is 0 Å². The Labute approximate surface area is 139 Å². The summed E-state index contributed by atoms with van der Waals surface area (Å²) in [7, 11) is 1.60. The van der Waals surface area contributed by atoms with Gasteiger partial charge in [0.25, 0.3) is 0 Å². The molecule has 1 atom stereocenters. The number of carbonyl (C=O) groups excluding carboxylic acids is 1. The van der Waals surface area contributed by atoms with Crippen molar-refractivity contribution < 1.29 is 18.7 Å². The van der Waals surface area contributed by atoms with Crippen LogP contribution in [0.1, 0.15) is 0 Å². The van der Waals surface area contributed by atoms with Gasteiger partial charge in [-0.2, -0.15) is 0 Å². The van der Waals surface area contributed by atoms with E-state index in [0.29, 0.717) is 13.2 Å². The minimum Gasteiger partial charge on any atom is -0.456 e. The van der Waals surface area contributed by atoms with E-state index in [-0.39, 0.29) is 12.2 Å². The number of benzene rings is 2. The number of cyclic esters (lactones) is 1. The smallest absolute Gasteiger partial charge is 0.414 e. The van der Waals surface area contributed by atoms with Crippen molar-refractivity contribution in [2.75, 3.05) is 25.2 Å². The molecule has 3 aromatic rings. The van der Waals surface area contributed by atoms with E-state index in [1.165, 1.54) is 0 Å². The standard InChI is InChI=1S/C19H17NO4/c1-22-12-16-11-20(19(21)23-16)15-7-8-17-14(9-15)10-18(24-17)13-5-3-2-4-6-13/h2-10,16H,11-12H2,1H3/t16-/m0/s1. The SMILES string of the molecule is COC[C@@H]1CN(c2ccc3oc(-c4ccccc4)cc3c2)C(=O)O1. The molecule has 0 radical (unpaired) electrons. The molecule has 4 rings (SSSR count). The second-order valence-electron chi connectivity index (χ2n) is 5.77. The monoisotopic (exact) mass is 323 g/mol. The number of methoxy groups -OCH3 is 1. The fourth-order valence-electron chi connectivity index (χ4n) is 2.95. The molecule has 0 aliphatic carbocycles. The largest absolute Gasteiger partial charge is 0.456 e. The van der Waals surface area contributed by atoms with Crippen LogP contribution >= 0.6 is 0 Å². The third-order valence-electron chi connectivity index (χ3n) is 4.10. The summed E-state index contributed by atoms with van der Waals surface area (Å²) in [4.78, 5) is 13.7. The molecule has 1 aromatic heterocycles. The van der Waals surface area contributed by atoms with Crippen LogP contribution in [0, 0.1) is 0 Å². The fourth-order valence-corrected chi connectivity index (χ4v) is 2.95. The molecule has 24 heavy (non-hydrogen) atoms. The van der Waals surface area contributed by atoms with E-state index in [4.69, 9.17) is 13.9 Å². The minimum absolute atomic E-state index is 0.234. The van der Waals surface area contributed by atoms with E-state index in [1.807, 2.05) is 54.6 Å². The van der Waals surface area contributed by atoms with Gasteiger partial charge in [-0.25, -0.2) is 4.79 Å². The van der Waals surface area contributed by atoms with E-state index < -0.39 is 0 Å². The van der Waals surface area contributed by atoms with E-state index in [2.05, 4.69) is 0 Å². The third kappa shape index (κ3) is 2.63. The lowest BCUT2D eigenvalue weighted by molar-refractivity contribution is 0.0718. The molecule has 1 amide bonds. The Morgan fingerprint density at radius 2 is 2.00 bits per heavy atom. The van der Waals surface area contributed by atoms with Gasteiger partial charge in [0.1, 0.15) is 17.4 Å². The van der Waals surface area contributed by atoms with Gasteiger partial charge in [0.2, 0.25) is 0 Å². The highest BCUT2D eigenvalue weighted by Crippen LogP contribution is 2.31. The van der Waals surface area contributed by atoms with Gasteiger partial charge >= 0.3 is 6.09 Å². The van der Waals surface area contributed by atoms with Crippen molar-refractivity contribution >= 4 is 22.7 Å². The van der Waals surface area contributed by atoms with Gasteiger partial charge in [-0.05, 0) is 24.3 Å². The summed E-state index contributed by atoms with van der Waals surface area (Å²) in [5, 5.41) is 0.953. The Morgan fingerprint density at radius 3 is 2.79 bits per heavy atom. The van der Waals surface area contributed by atoms with Gasteiger partial charge in [-0.3, -0.25) is 4.90 Å². The Hall–Kier alpha value is -2.79. The number of nitrogens with zero attached hydrogens (tertiary/aromatic N) is 1. The molecule has 5 nitrogen and oxygen atoms in total. The van der Waals surface area contributed by atoms with Crippen LogP contribution in [0.5, 0.6) is 0 Å². The molecule has 2 heterocycles. The first-order chi connectivity index (χ1) is 11.7. The lowest BCUT2D eigenvalue weighted by Crippen LogP contribution is -2.25. The maximum absolute atomic E-state index is 12.0. The van der Waals surface area contributed by atoms with Gasteiger partial charge in [-0.1, -0.05) is 30.3 Å². The summed E-state index contributed by atoms with van der Waals surface area (Å²) in [6.45, 7) is 0.885. The topological polar surface area (TPSA) is 51.9 Å². The molecule has 2 aromatic carbocycles. The molecular formula is C19H17NO4. The van der Waals surface area contributed by atoms with Crippen molar-refractivity contribution in [1.29, 1.82) is 0 Å². The molecule has 0 bridgehead atoms. The van der Waals surface area contributed by atoms with E-state index in [1.54, 1.807) is 12.0 Å². The number of carbonyl (C=O) groups is 1. The quantitative estimate of drug-likeness (QED) is 0.726. The number of fused-ring (bicyclic) bond motifs is 1. The normalized spacial score (nSPS) is 17.5. The highest BCUT2D eigenvalue weighted by Gasteiger charge is 2.32. The summed E-state index contributed by atoms with van der Waals surface area (Å²) in [5.41, 5.74) is 2.61. The maximum Gasteiger partial charge on any atom is 0.414 e. The zero-order valence-corrected chi connectivity index (χ0v) is 13.3. The number of anilines is 1. The first-order valence-electron chi connectivity index (χ1n) is 7.81. The van der Waals surface area contributed by atoms with Crippen molar-refractivity contribution in [3.05, 3.63) is 54.6 Å². The Morgan fingerprint density at radius 1 is 1.17 bits per heavy atom. The van der Waals surface area contributed by atoms with Crippen molar-refractivity contribution in [2.24, 2.45) is 0 Å². The second-order valence-corrected chi connectivity index (χ2v) is 5.77. The Bertz CT molecular complexity index is 871. The number of hydrogen-bond acceptors (Lipinski definition) is 4. The molecular weight excluding hydrogens is 306 g/mol. The zero-order chi connectivity index (χ0) is 16.5. The maximum atomic E-state index is 12.0. The predicted octanol–water partition coefficient (Wildman–Crippen LogP) is 4.07. The number of hydrogen-bond donors (Lipinski definition) is 0. The molecule has 0 unspecified atom stereocenters. The zero-order valence-electron chi connectivity index (χ0n) is 13.3.